The third kappa shape index (κ3) is 1.51. The van der Waals surface area contributed by atoms with Crippen molar-refractivity contribution in [2.75, 3.05) is 24.7 Å². The summed E-state index contributed by atoms with van der Waals surface area (Å²) in [7, 11) is 0. The number of hydrazine groups is 1. The summed E-state index contributed by atoms with van der Waals surface area (Å²) in [6.45, 7) is 2.67. The molecule has 1 aromatic heterocycles. The fourth-order valence-corrected chi connectivity index (χ4v) is 1.17. The Hall–Kier alpha value is -1.20. The number of nitrogens with zero attached hydrogens (tertiary/aromatic N) is 3. The van der Waals surface area contributed by atoms with E-state index in [-0.39, 0.29) is 0 Å². The second-order valence-electron chi connectivity index (χ2n) is 2.61. The molecule has 1 aliphatic heterocycles. The predicted molar refractivity (Wildman–Crippen MR) is 45.4 cm³/mol. The van der Waals surface area contributed by atoms with E-state index in [1.165, 1.54) is 0 Å². The molecule has 1 fully saturated rings. The zero-order valence-corrected chi connectivity index (χ0v) is 6.70. The minimum Gasteiger partial charge on any atom is -0.340 e. The van der Waals surface area contributed by atoms with Crippen LogP contribution in [0, 0.1) is 0 Å². The topological polar surface area (TPSA) is 53.1 Å². The lowest BCUT2D eigenvalue weighted by atomic mass is 10.4. The Morgan fingerprint density at radius 3 is 3.08 bits per heavy atom. The molecular formula is C7H11N5. The maximum Gasteiger partial charge on any atom is 0.152 e. The van der Waals surface area contributed by atoms with E-state index < -0.39 is 0 Å². The van der Waals surface area contributed by atoms with Gasteiger partial charge < -0.3 is 4.90 Å². The van der Waals surface area contributed by atoms with Crippen molar-refractivity contribution in [3.63, 3.8) is 0 Å². The number of nitrogens with one attached hydrogen (secondary N) is 2. The van der Waals surface area contributed by atoms with Gasteiger partial charge in [0.1, 0.15) is 0 Å². The summed E-state index contributed by atoms with van der Waals surface area (Å²) in [5.41, 5.74) is 6.09. The summed E-state index contributed by atoms with van der Waals surface area (Å²) < 4.78 is 0. The standard InChI is InChI=1S/C7H11N5/c1-2-7(11-9-3-1)12-5-4-8-10-6-12/h1-3,8,10H,4-6H2. The zero-order chi connectivity index (χ0) is 8.23. The monoisotopic (exact) mass is 165 g/mol. The molecule has 1 aliphatic rings. The molecule has 0 unspecified atom stereocenters. The van der Waals surface area contributed by atoms with Crippen molar-refractivity contribution in [1.29, 1.82) is 0 Å². The highest BCUT2D eigenvalue weighted by atomic mass is 15.5. The van der Waals surface area contributed by atoms with Crippen LogP contribution < -0.4 is 15.8 Å². The highest BCUT2D eigenvalue weighted by Gasteiger charge is 2.09. The highest BCUT2D eigenvalue weighted by Crippen LogP contribution is 2.06. The zero-order valence-electron chi connectivity index (χ0n) is 6.70. The minimum absolute atomic E-state index is 0.776. The van der Waals surface area contributed by atoms with Crippen LogP contribution in [0.25, 0.3) is 0 Å². The maximum atomic E-state index is 4.01. The molecule has 0 aliphatic carbocycles. The van der Waals surface area contributed by atoms with E-state index in [0.717, 1.165) is 25.6 Å². The van der Waals surface area contributed by atoms with Crippen LogP contribution in [0.3, 0.4) is 0 Å². The SMILES string of the molecule is c1cnnc(N2CCNNC2)c1. The average Bonchev–Trinajstić information content (AvgIpc) is 2.21. The van der Waals surface area contributed by atoms with Crippen LogP contribution in [0.1, 0.15) is 0 Å². The van der Waals surface area contributed by atoms with Gasteiger partial charge in [-0.3, -0.25) is 5.43 Å². The number of hydrogen-bond donors (Lipinski definition) is 2. The van der Waals surface area contributed by atoms with Crippen molar-refractivity contribution >= 4 is 5.82 Å². The highest BCUT2D eigenvalue weighted by molar-refractivity contribution is 5.36. The van der Waals surface area contributed by atoms with Crippen molar-refractivity contribution in [3.8, 4) is 0 Å². The molecule has 2 rings (SSSR count). The molecule has 5 heteroatoms. The van der Waals surface area contributed by atoms with E-state index in [4.69, 9.17) is 0 Å². The molecule has 64 valence electrons. The van der Waals surface area contributed by atoms with Crippen molar-refractivity contribution in [2.45, 2.75) is 0 Å². The number of hydrogen-bond acceptors (Lipinski definition) is 5. The molecule has 0 atom stereocenters. The van der Waals surface area contributed by atoms with Gasteiger partial charge in [-0.2, -0.15) is 5.10 Å². The van der Waals surface area contributed by atoms with Crippen molar-refractivity contribution < 1.29 is 0 Å². The van der Waals surface area contributed by atoms with Crippen LogP contribution in [0.2, 0.25) is 0 Å². The molecule has 1 aromatic rings. The Balaban J connectivity index is 2.08. The molecule has 2 heterocycles. The lowest BCUT2D eigenvalue weighted by molar-refractivity contribution is 0.465. The summed E-state index contributed by atoms with van der Waals surface area (Å²) >= 11 is 0. The van der Waals surface area contributed by atoms with E-state index in [0.29, 0.717) is 0 Å². The number of rotatable bonds is 1. The van der Waals surface area contributed by atoms with Gasteiger partial charge in [0, 0.05) is 19.3 Å². The van der Waals surface area contributed by atoms with E-state index in [9.17, 15) is 0 Å². The Kier molecular flexibility index (Phi) is 2.15. The third-order valence-corrected chi connectivity index (χ3v) is 1.78. The van der Waals surface area contributed by atoms with Crippen LogP contribution in [-0.4, -0.2) is 30.0 Å². The van der Waals surface area contributed by atoms with Gasteiger partial charge in [0.15, 0.2) is 5.82 Å². The first kappa shape index (κ1) is 7.45. The summed E-state index contributed by atoms with van der Waals surface area (Å²) in [6, 6.07) is 3.85. The van der Waals surface area contributed by atoms with E-state index in [1.54, 1.807) is 6.20 Å². The minimum atomic E-state index is 0.776. The first-order chi connectivity index (χ1) is 5.97. The third-order valence-electron chi connectivity index (χ3n) is 1.78. The van der Waals surface area contributed by atoms with E-state index in [2.05, 4.69) is 25.9 Å². The van der Waals surface area contributed by atoms with E-state index >= 15 is 0 Å². The Labute approximate surface area is 70.8 Å². The van der Waals surface area contributed by atoms with Crippen LogP contribution in [0.5, 0.6) is 0 Å². The van der Waals surface area contributed by atoms with Crippen LogP contribution >= 0.6 is 0 Å². The second-order valence-corrected chi connectivity index (χ2v) is 2.61. The molecule has 5 nitrogen and oxygen atoms in total. The molecule has 0 aromatic carbocycles. The van der Waals surface area contributed by atoms with Gasteiger partial charge in [-0.15, -0.1) is 5.10 Å². The molecule has 0 radical (unpaired) electrons. The van der Waals surface area contributed by atoms with Crippen LogP contribution in [0.4, 0.5) is 5.82 Å². The van der Waals surface area contributed by atoms with Crippen molar-refractivity contribution in [1.82, 2.24) is 21.0 Å². The van der Waals surface area contributed by atoms with Gasteiger partial charge in [0.2, 0.25) is 0 Å². The molecule has 0 saturated carbocycles. The van der Waals surface area contributed by atoms with Gasteiger partial charge in [-0.05, 0) is 12.1 Å². The fraction of sp³-hybridized carbons (Fsp3) is 0.429. The summed E-state index contributed by atoms with van der Waals surface area (Å²) in [6.07, 6.45) is 1.68. The first-order valence-electron chi connectivity index (χ1n) is 3.95. The van der Waals surface area contributed by atoms with Gasteiger partial charge in [-0.25, -0.2) is 5.43 Å². The quantitative estimate of drug-likeness (QED) is 0.579. The summed E-state index contributed by atoms with van der Waals surface area (Å²) in [5.74, 6) is 0.923. The average molecular weight is 165 g/mol. The maximum absolute atomic E-state index is 4.01. The van der Waals surface area contributed by atoms with Crippen molar-refractivity contribution in [3.05, 3.63) is 18.3 Å². The first-order valence-corrected chi connectivity index (χ1v) is 3.95. The largest absolute Gasteiger partial charge is 0.340 e. The number of aromatic nitrogens is 2. The van der Waals surface area contributed by atoms with Crippen LogP contribution in [0.15, 0.2) is 18.3 Å². The lowest BCUT2D eigenvalue weighted by Crippen LogP contribution is -2.52. The molecule has 0 amide bonds. The molecule has 0 bridgehead atoms. The van der Waals surface area contributed by atoms with Gasteiger partial charge in [0.05, 0.1) is 6.67 Å². The fourth-order valence-electron chi connectivity index (χ4n) is 1.17. The predicted octanol–water partition coefficient (Wildman–Crippen LogP) is -0.652. The summed E-state index contributed by atoms with van der Waals surface area (Å²) in [5, 5.41) is 7.83. The molecular weight excluding hydrogens is 154 g/mol. The Bertz CT molecular complexity index is 231. The van der Waals surface area contributed by atoms with Crippen molar-refractivity contribution in [2.24, 2.45) is 0 Å². The number of anilines is 1. The van der Waals surface area contributed by atoms with Gasteiger partial charge in [0.25, 0.3) is 0 Å². The second kappa shape index (κ2) is 3.46. The smallest absolute Gasteiger partial charge is 0.152 e. The molecule has 2 N–H and O–H groups in total. The lowest BCUT2D eigenvalue weighted by Gasteiger charge is -2.28. The van der Waals surface area contributed by atoms with Gasteiger partial charge in [-0.1, -0.05) is 0 Å². The Morgan fingerprint density at radius 2 is 2.42 bits per heavy atom. The van der Waals surface area contributed by atoms with Gasteiger partial charge >= 0.3 is 0 Å². The molecule has 12 heavy (non-hydrogen) atoms. The van der Waals surface area contributed by atoms with Crippen LogP contribution in [-0.2, 0) is 0 Å². The summed E-state index contributed by atoms with van der Waals surface area (Å²) in [4.78, 5) is 2.13. The Morgan fingerprint density at radius 1 is 1.42 bits per heavy atom. The van der Waals surface area contributed by atoms with E-state index in [1.807, 2.05) is 12.1 Å². The normalized spacial score (nSPS) is 17.8. The molecule has 0 spiro atoms. The molecule has 1 saturated heterocycles.